The van der Waals surface area contributed by atoms with Gasteiger partial charge in [-0.2, -0.15) is 0 Å². The van der Waals surface area contributed by atoms with Crippen molar-refractivity contribution in [2.24, 2.45) is 5.92 Å². The van der Waals surface area contributed by atoms with Crippen LogP contribution in [0.5, 0.6) is 0 Å². The van der Waals surface area contributed by atoms with E-state index in [1.807, 2.05) is 6.92 Å². The highest BCUT2D eigenvalue weighted by atomic mass is 32.1. The van der Waals surface area contributed by atoms with Crippen LogP contribution in [0.25, 0.3) is 0 Å². The van der Waals surface area contributed by atoms with Crippen LogP contribution in [-0.2, 0) is 11.2 Å². The van der Waals surface area contributed by atoms with Crippen molar-refractivity contribution in [2.45, 2.75) is 45.1 Å². The fourth-order valence-corrected chi connectivity index (χ4v) is 3.00. The SMILES string of the molecule is CCc1nnsc1C(=O)NC1CCC(C(=O)O)CC1. The minimum absolute atomic E-state index is 0.0647. The lowest BCUT2D eigenvalue weighted by molar-refractivity contribution is -0.142. The van der Waals surface area contributed by atoms with E-state index >= 15 is 0 Å². The predicted octanol–water partition coefficient (Wildman–Crippen LogP) is 1.47. The molecule has 0 aromatic carbocycles. The first-order chi connectivity index (χ1) is 9.11. The van der Waals surface area contributed by atoms with Crippen LogP contribution in [0.15, 0.2) is 0 Å². The van der Waals surface area contributed by atoms with Gasteiger partial charge in [-0.15, -0.1) is 5.10 Å². The number of rotatable bonds is 4. The smallest absolute Gasteiger partial charge is 0.306 e. The summed E-state index contributed by atoms with van der Waals surface area (Å²) in [4.78, 5) is 23.5. The minimum atomic E-state index is -0.732. The average molecular weight is 283 g/mol. The highest BCUT2D eigenvalue weighted by Crippen LogP contribution is 2.25. The number of aromatic nitrogens is 2. The molecule has 1 fully saturated rings. The third kappa shape index (κ3) is 3.28. The normalized spacial score (nSPS) is 23.0. The van der Waals surface area contributed by atoms with E-state index in [9.17, 15) is 9.59 Å². The number of carbonyl (C=O) groups excluding carboxylic acids is 1. The molecule has 1 aliphatic rings. The molecule has 0 aliphatic heterocycles. The number of hydrogen-bond donors (Lipinski definition) is 2. The van der Waals surface area contributed by atoms with Crippen LogP contribution < -0.4 is 5.32 Å². The molecule has 1 saturated carbocycles. The van der Waals surface area contributed by atoms with E-state index in [1.165, 1.54) is 0 Å². The minimum Gasteiger partial charge on any atom is -0.481 e. The molecule has 0 unspecified atom stereocenters. The van der Waals surface area contributed by atoms with Crippen molar-refractivity contribution >= 4 is 23.4 Å². The fraction of sp³-hybridized carbons (Fsp3) is 0.667. The Morgan fingerprint density at radius 2 is 2.05 bits per heavy atom. The van der Waals surface area contributed by atoms with Crippen LogP contribution in [0.2, 0.25) is 0 Å². The topological polar surface area (TPSA) is 92.2 Å². The van der Waals surface area contributed by atoms with Gasteiger partial charge in [0, 0.05) is 6.04 Å². The van der Waals surface area contributed by atoms with Gasteiger partial charge in [-0.25, -0.2) is 0 Å². The lowest BCUT2D eigenvalue weighted by Gasteiger charge is -2.26. The van der Waals surface area contributed by atoms with Crippen molar-refractivity contribution in [3.8, 4) is 0 Å². The number of aliphatic carboxylic acids is 1. The molecule has 0 saturated heterocycles. The summed E-state index contributed by atoms with van der Waals surface area (Å²) >= 11 is 1.11. The van der Waals surface area contributed by atoms with Crippen molar-refractivity contribution in [1.29, 1.82) is 0 Å². The molecule has 104 valence electrons. The maximum atomic E-state index is 12.1. The third-order valence-electron chi connectivity index (χ3n) is 3.51. The molecule has 6 nitrogen and oxygen atoms in total. The van der Waals surface area contributed by atoms with E-state index in [0.717, 1.165) is 30.1 Å². The van der Waals surface area contributed by atoms with E-state index in [2.05, 4.69) is 14.9 Å². The summed E-state index contributed by atoms with van der Waals surface area (Å²) in [6.45, 7) is 1.94. The molecule has 0 bridgehead atoms. The van der Waals surface area contributed by atoms with Crippen LogP contribution >= 0.6 is 11.5 Å². The molecular weight excluding hydrogens is 266 g/mol. The number of nitrogens with zero attached hydrogens (tertiary/aromatic N) is 2. The highest BCUT2D eigenvalue weighted by molar-refractivity contribution is 7.08. The first-order valence-electron chi connectivity index (χ1n) is 6.46. The van der Waals surface area contributed by atoms with Gasteiger partial charge in [-0.05, 0) is 43.6 Å². The maximum absolute atomic E-state index is 12.1. The summed E-state index contributed by atoms with van der Waals surface area (Å²) in [5.74, 6) is -1.13. The van der Waals surface area contributed by atoms with Crippen LogP contribution in [0.1, 0.15) is 48.0 Å². The zero-order valence-electron chi connectivity index (χ0n) is 10.8. The van der Waals surface area contributed by atoms with Gasteiger partial charge in [0.1, 0.15) is 4.88 Å². The Kier molecular flexibility index (Phi) is 4.47. The van der Waals surface area contributed by atoms with Crippen LogP contribution in [0.3, 0.4) is 0 Å². The third-order valence-corrected chi connectivity index (χ3v) is 4.28. The Bertz CT molecular complexity index is 467. The van der Waals surface area contributed by atoms with Crippen molar-refractivity contribution in [1.82, 2.24) is 14.9 Å². The number of carboxylic acids is 1. The molecule has 1 heterocycles. The van der Waals surface area contributed by atoms with Gasteiger partial charge < -0.3 is 10.4 Å². The summed E-state index contributed by atoms with van der Waals surface area (Å²) < 4.78 is 3.80. The number of hydrogen-bond acceptors (Lipinski definition) is 5. The Labute approximate surface area is 115 Å². The van der Waals surface area contributed by atoms with Crippen molar-refractivity contribution in [3.63, 3.8) is 0 Å². The molecule has 1 aliphatic carbocycles. The maximum Gasteiger partial charge on any atom is 0.306 e. The zero-order chi connectivity index (χ0) is 13.8. The molecule has 7 heteroatoms. The van der Waals surface area contributed by atoms with Gasteiger partial charge >= 0.3 is 5.97 Å². The lowest BCUT2D eigenvalue weighted by atomic mass is 9.86. The second kappa shape index (κ2) is 6.10. The van der Waals surface area contributed by atoms with Crippen LogP contribution in [0.4, 0.5) is 0 Å². The van der Waals surface area contributed by atoms with Crippen molar-refractivity contribution in [3.05, 3.63) is 10.6 Å². The molecule has 0 atom stereocenters. The summed E-state index contributed by atoms with van der Waals surface area (Å²) in [7, 11) is 0. The van der Waals surface area contributed by atoms with Crippen molar-refractivity contribution < 1.29 is 14.7 Å². The molecule has 1 amide bonds. The fourth-order valence-electron chi connectivity index (χ4n) is 2.35. The molecule has 1 aromatic heterocycles. The first kappa shape index (κ1) is 13.9. The van der Waals surface area contributed by atoms with E-state index in [1.54, 1.807) is 0 Å². The predicted molar refractivity (Wildman–Crippen MR) is 70.1 cm³/mol. The van der Waals surface area contributed by atoms with E-state index in [4.69, 9.17) is 5.11 Å². The van der Waals surface area contributed by atoms with E-state index in [-0.39, 0.29) is 17.9 Å². The monoisotopic (exact) mass is 283 g/mol. The van der Waals surface area contributed by atoms with Gasteiger partial charge in [-0.1, -0.05) is 11.4 Å². The van der Waals surface area contributed by atoms with Crippen LogP contribution in [0, 0.1) is 5.92 Å². The standard InChI is InChI=1S/C12H17N3O3S/c1-2-9-10(19-15-14-9)11(16)13-8-5-3-7(4-6-8)12(17)18/h7-8H,2-6H2,1H3,(H,13,16)(H,17,18). The van der Waals surface area contributed by atoms with E-state index < -0.39 is 5.97 Å². The number of aryl methyl sites for hydroxylation is 1. The summed E-state index contributed by atoms with van der Waals surface area (Å²) in [6, 6.07) is 0.0647. The number of carboxylic acid groups (broad SMARTS) is 1. The van der Waals surface area contributed by atoms with Gasteiger partial charge in [0.05, 0.1) is 11.6 Å². The number of amides is 1. The van der Waals surface area contributed by atoms with Crippen molar-refractivity contribution in [2.75, 3.05) is 0 Å². The second-order valence-electron chi connectivity index (χ2n) is 4.76. The second-order valence-corrected chi connectivity index (χ2v) is 5.52. The molecular formula is C12H17N3O3S. The molecule has 19 heavy (non-hydrogen) atoms. The summed E-state index contributed by atoms with van der Waals surface area (Å²) in [5.41, 5.74) is 0.724. The Morgan fingerprint density at radius 1 is 1.37 bits per heavy atom. The van der Waals surface area contributed by atoms with E-state index in [0.29, 0.717) is 24.1 Å². The van der Waals surface area contributed by atoms with Gasteiger partial charge in [0.15, 0.2) is 0 Å². The molecule has 0 spiro atoms. The summed E-state index contributed by atoms with van der Waals surface area (Å²) in [5, 5.41) is 15.8. The van der Waals surface area contributed by atoms with Gasteiger partial charge in [0.2, 0.25) is 0 Å². The number of nitrogens with one attached hydrogen (secondary N) is 1. The Balaban J connectivity index is 1.89. The molecule has 2 rings (SSSR count). The molecule has 2 N–H and O–H groups in total. The molecule has 1 aromatic rings. The highest BCUT2D eigenvalue weighted by Gasteiger charge is 2.27. The molecule has 0 radical (unpaired) electrons. The average Bonchev–Trinajstić information content (AvgIpc) is 2.87. The van der Waals surface area contributed by atoms with Crippen LogP contribution in [-0.4, -0.2) is 32.6 Å². The van der Waals surface area contributed by atoms with Gasteiger partial charge in [-0.3, -0.25) is 9.59 Å². The zero-order valence-corrected chi connectivity index (χ0v) is 11.6. The Hall–Kier alpha value is -1.50. The van der Waals surface area contributed by atoms with Gasteiger partial charge in [0.25, 0.3) is 5.91 Å². The first-order valence-corrected chi connectivity index (χ1v) is 7.24. The quantitative estimate of drug-likeness (QED) is 0.873. The summed E-state index contributed by atoms with van der Waals surface area (Å²) in [6.07, 6.45) is 3.38. The largest absolute Gasteiger partial charge is 0.481 e. The lowest BCUT2D eigenvalue weighted by Crippen LogP contribution is -2.38. The Morgan fingerprint density at radius 3 is 2.63 bits per heavy atom. The number of carbonyl (C=O) groups is 2.